The molecule has 1 amide bonds. The zero-order valence-electron chi connectivity index (χ0n) is 17.4. The third kappa shape index (κ3) is 3.96. The molecule has 0 bridgehead atoms. The lowest BCUT2D eigenvalue weighted by Crippen LogP contribution is -2.48. The van der Waals surface area contributed by atoms with Gasteiger partial charge in [-0.1, -0.05) is 18.2 Å². The first-order valence-electron chi connectivity index (χ1n) is 10.2. The number of amides is 1. The van der Waals surface area contributed by atoms with Gasteiger partial charge in [-0.3, -0.25) is 14.7 Å². The molecule has 1 aliphatic rings. The molecule has 150 valence electrons. The van der Waals surface area contributed by atoms with E-state index in [-0.39, 0.29) is 5.91 Å². The molecule has 0 spiro atoms. The van der Waals surface area contributed by atoms with E-state index < -0.39 is 0 Å². The minimum atomic E-state index is 0.140. The van der Waals surface area contributed by atoms with Crippen LogP contribution in [0.25, 0.3) is 5.69 Å². The third-order valence-corrected chi connectivity index (χ3v) is 5.83. The van der Waals surface area contributed by atoms with Crippen molar-refractivity contribution >= 4 is 5.91 Å². The normalized spacial score (nSPS) is 14.9. The number of carbonyl (C=O) groups is 1. The summed E-state index contributed by atoms with van der Waals surface area (Å²) >= 11 is 0. The second kappa shape index (κ2) is 8.21. The van der Waals surface area contributed by atoms with Crippen LogP contribution in [0, 0.1) is 20.8 Å². The molecular formula is C24H28N4O. The molecule has 0 atom stereocenters. The van der Waals surface area contributed by atoms with Crippen LogP contribution in [0.3, 0.4) is 0 Å². The van der Waals surface area contributed by atoms with Gasteiger partial charge in [0.15, 0.2) is 0 Å². The minimum Gasteiger partial charge on any atom is -0.336 e. The number of pyridine rings is 1. The standard InChI is InChI=1S/C24H28N4O/c1-18-6-4-5-7-23(18)28-19(2)16-22(20(28)3)24(29)27-14-12-26(13-15-27)17-21-8-10-25-11-9-21/h4-11,16H,12-15,17H2,1-3H3. The van der Waals surface area contributed by atoms with Gasteiger partial charge in [0.05, 0.1) is 5.56 Å². The predicted octanol–water partition coefficient (Wildman–Crippen LogP) is 3.76. The van der Waals surface area contributed by atoms with Crippen molar-refractivity contribution in [1.29, 1.82) is 0 Å². The zero-order chi connectivity index (χ0) is 20.4. The van der Waals surface area contributed by atoms with Crippen LogP contribution in [0.1, 0.15) is 32.9 Å². The molecule has 0 aliphatic carbocycles. The second-order valence-electron chi connectivity index (χ2n) is 7.83. The van der Waals surface area contributed by atoms with E-state index in [0.29, 0.717) is 0 Å². The number of para-hydroxylation sites is 1. The highest BCUT2D eigenvalue weighted by Gasteiger charge is 2.25. The van der Waals surface area contributed by atoms with Gasteiger partial charge in [0, 0.05) is 62.2 Å². The Labute approximate surface area is 172 Å². The van der Waals surface area contributed by atoms with Crippen LogP contribution in [-0.2, 0) is 6.54 Å². The van der Waals surface area contributed by atoms with Crippen LogP contribution in [0.5, 0.6) is 0 Å². The first-order valence-corrected chi connectivity index (χ1v) is 10.2. The van der Waals surface area contributed by atoms with Gasteiger partial charge in [0.1, 0.15) is 0 Å². The quantitative estimate of drug-likeness (QED) is 0.683. The first kappa shape index (κ1) is 19.4. The van der Waals surface area contributed by atoms with Crippen LogP contribution in [-0.4, -0.2) is 51.4 Å². The molecule has 0 radical (unpaired) electrons. The van der Waals surface area contributed by atoms with Gasteiger partial charge in [0.2, 0.25) is 0 Å². The summed E-state index contributed by atoms with van der Waals surface area (Å²) in [5.74, 6) is 0.140. The summed E-state index contributed by atoms with van der Waals surface area (Å²) in [6, 6.07) is 14.5. The number of hydrogen-bond acceptors (Lipinski definition) is 3. The Balaban J connectivity index is 1.47. The smallest absolute Gasteiger partial charge is 0.255 e. The number of piperazine rings is 1. The number of aryl methyl sites for hydroxylation is 2. The van der Waals surface area contributed by atoms with Gasteiger partial charge in [-0.2, -0.15) is 0 Å². The molecule has 29 heavy (non-hydrogen) atoms. The van der Waals surface area contributed by atoms with E-state index in [0.717, 1.165) is 55.4 Å². The Morgan fingerprint density at radius 2 is 1.66 bits per heavy atom. The lowest BCUT2D eigenvalue weighted by Gasteiger charge is -2.34. The van der Waals surface area contributed by atoms with Gasteiger partial charge in [-0.15, -0.1) is 0 Å². The number of benzene rings is 1. The molecule has 5 heteroatoms. The number of rotatable bonds is 4. The average Bonchev–Trinajstić information content (AvgIpc) is 3.03. The minimum absolute atomic E-state index is 0.140. The van der Waals surface area contributed by atoms with Crippen LogP contribution >= 0.6 is 0 Å². The SMILES string of the molecule is Cc1ccccc1-n1c(C)cc(C(=O)N2CCN(Cc3ccncc3)CC2)c1C. The molecule has 4 rings (SSSR count). The second-order valence-corrected chi connectivity index (χ2v) is 7.83. The highest BCUT2D eigenvalue weighted by atomic mass is 16.2. The lowest BCUT2D eigenvalue weighted by atomic mass is 10.1. The fourth-order valence-corrected chi connectivity index (χ4v) is 4.19. The summed E-state index contributed by atoms with van der Waals surface area (Å²) in [5, 5.41) is 0. The van der Waals surface area contributed by atoms with E-state index in [1.165, 1.54) is 11.1 Å². The van der Waals surface area contributed by atoms with Crippen LogP contribution in [0.15, 0.2) is 54.9 Å². The van der Waals surface area contributed by atoms with Crippen LogP contribution in [0.4, 0.5) is 0 Å². The maximum atomic E-state index is 13.3. The molecule has 0 N–H and O–H groups in total. The summed E-state index contributed by atoms with van der Waals surface area (Å²) in [6.07, 6.45) is 3.67. The summed E-state index contributed by atoms with van der Waals surface area (Å²) in [5.41, 5.74) is 6.54. The van der Waals surface area contributed by atoms with Crippen molar-refractivity contribution in [1.82, 2.24) is 19.4 Å². The number of nitrogens with zero attached hydrogens (tertiary/aromatic N) is 4. The molecule has 1 saturated heterocycles. The van der Waals surface area contributed by atoms with Gasteiger partial charge < -0.3 is 9.47 Å². The predicted molar refractivity (Wildman–Crippen MR) is 115 cm³/mol. The summed E-state index contributed by atoms with van der Waals surface area (Å²) in [6.45, 7) is 10.4. The largest absolute Gasteiger partial charge is 0.336 e. The Kier molecular flexibility index (Phi) is 5.49. The van der Waals surface area contributed by atoms with Crippen molar-refractivity contribution in [3.8, 4) is 5.69 Å². The van der Waals surface area contributed by atoms with Crippen molar-refractivity contribution in [2.24, 2.45) is 0 Å². The van der Waals surface area contributed by atoms with Crippen molar-refractivity contribution in [2.45, 2.75) is 27.3 Å². The average molecular weight is 389 g/mol. The molecular weight excluding hydrogens is 360 g/mol. The molecule has 1 aliphatic heterocycles. The lowest BCUT2D eigenvalue weighted by molar-refractivity contribution is 0.0628. The van der Waals surface area contributed by atoms with Gasteiger partial charge in [-0.05, 0) is 56.2 Å². The summed E-state index contributed by atoms with van der Waals surface area (Å²) in [7, 11) is 0. The molecule has 1 fully saturated rings. The van der Waals surface area contributed by atoms with Crippen molar-refractivity contribution < 1.29 is 4.79 Å². The maximum Gasteiger partial charge on any atom is 0.255 e. The molecule has 3 aromatic rings. The molecule has 0 unspecified atom stereocenters. The number of carbonyl (C=O) groups excluding carboxylic acids is 1. The Bertz CT molecular complexity index is 1000. The third-order valence-electron chi connectivity index (χ3n) is 5.83. The van der Waals surface area contributed by atoms with E-state index in [2.05, 4.69) is 52.6 Å². The first-order chi connectivity index (χ1) is 14.0. The maximum absolute atomic E-state index is 13.3. The summed E-state index contributed by atoms with van der Waals surface area (Å²) in [4.78, 5) is 21.7. The topological polar surface area (TPSA) is 41.4 Å². The van der Waals surface area contributed by atoms with Crippen molar-refractivity contribution in [2.75, 3.05) is 26.2 Å². The van der Waals surface area contributed by atoms with E-state index >= 15 is 0 Å². The Morgan fingerprint density at radius 3 is 2.34 bits per heavy atom. The fraction of sp³-hybridized carbons (Fsp3) is 0.333. The van der Waals surface area contributed by atoms with Gasteiger partial charge in [-0.25, -0.2) is 0 Å². The van der Waals surface area contributed by atoms with Crippen LogP contribution < -0.4 is 0 Å². The van der Waals surface area contributed by atoms with E-state index in [4.69, 9.17) is 0 Å². The molecule has 5 nitrogen and oxygen atoms in total. The number of hydrogen-bond donors (Lipinski definition) is 0. The van der Waals surface area contributed by atoms with E-state index in [9.17, 15) is 4.79 Å². The number of aromatic nitrogens is 2. The molecule has 1 aromatic carbocycles. The zero-order valence-corrected chi connectivity index (χ0v) is 17.4. The van der Waals surface area contributed by atoms with Gasteiger partial charge in [0.25, 0.3) is 5.91 Å². The van der Waals surface area contributed by atoms with E-state index in [1.807, 2.05) is 42.4 Å². The van der Waals surface area contributed by atoms with Gasteiger partial charge >= 0.3 is 0 Å². The molecule has 0 saturated carbocycles. The Hall–Kier alpha value is -2.92. The Morgan fingerprint density at radius 1 is 0.966 bits per heavy atom. The van der Waals surface area contributed by atoms with Crippen molar-refractivity contribution in [3.63, 3.8) is 0 Å². The highest BCUT2D eigenvalue weighted by molar-refractivity contribution is 5.96. The monoisotopic (exact) mass is 388 g/mol. The molecule has 3 heterocycles. The molecule has 2 aromatic heterocycles. The van der Waals surface area contributed by atoms with E-state index in [1.54, 1.807) is 0 Å². The van der Waals surface area contributed by atoms with Crippen LogP contribution in [0.2, 0.25) is 0 Å². The summed E-state index contributed by atoms with van der Waals surface area (Å²) < 4.78 is 2.20. The fourth-order valence-electron chi connectivity index (χ4n) is 4.19. The highest BCUT2D eigenvalue weighted by Crippen LogP contribution is 2.24. The van der Waals surface area contributed by atoms with Crippen molar-refractivity contribution in [3.05, 3.63) is 82.9 Å².